The van der Waals surface area contributed by atoms with E-state index in [1.807, 2.05) is 0 Å². The Hall–Kier alpha value is -2.06. The van der Waals surface area contributed by atoms with Crippen LogP contribution in [0.2, 0.25) is 5.02 Å². The number of carbonyl (C=O) groups excluding carboxylic acids is 2. The molecule has 0 spiro atoms. The lowest BCUT2D eigenvalue weighted by atomic mass is 10.2. The van der Waals surface area contributed by atoms with E-state index in [0.717, 1.165) is 0 Å². The van der Waals surface area contributed by atoms with E-state index in [4.69, 9.17) is 21.2 Å². The van der Waals surface area contributed by atoms with E-state index in [9.17, 15) is 9.59 Å². The molecule has 0 saturated heterocycles. The number of aromatic nitrogens is 1. The lowest BCUT2D eigenvalue weighted by molar-refractivity contribution is 0.00297. The molecule has 0 aliphatic heterocycles. The molecule has 0 bridgehead atoms. The van der Waals surface area contributed by atoms with Gasteiger partial charge in [0, 0.05) is 0 Å². The van der Waals surface area contributed by atoms with Crippen molar-refractivity contribution in [2.75, 3.05) is 12.6 Å². The molecule has 0 aliphatic rings. The van der Waals surface area contributed by atoms with Crippen molar-refractivity contribution < 1.29 is 23.9 Å². The van der Waals surface area contributed by atoms with E-state index in [1.165, 1.54) is 24.5 Å². The van der Waals surface area contributed by atoms with Crippen LogP contribution in [0.15, 0.2) is 12.1 Å². The molecule has 2 rings (SSSR count). The van der Waals surface area contributed by atoms with Gasteiger partial charge in [-0.05, 0) is 32.9 Å². The molecule has 0 saturated carbocycles. The quantitative estimate of drug-likeness (QED) is 0.655. The average molecular weight is 359 g/mol. The van der Waals surface area contributed by atoms with Gasteiger partial charge in [0.1, 0.15) is 5.60 Å². The number of nitrogens with one attached hydrogen (secondary N) is 1. The van der Waals surface area contributed by atoms with Crippen LogP contribution in [0.1, 0.15) is 31.1 Å². The summed E-state index contributed by atoms with van der Waals surface area (Å²) in [7, 11) is 1.27. The maximum absolute atomic E-state index is 11.6. The molecular weight excluding hydrogens is 344 g/mol. The first-order valence-electron chi connectivity index (χ1n) is 6.54. The Morgan fingerprint density at radius 3 is 2.61 bits per heavy atom. The second-order valence-electron chi connectivity index (χ2n) is 5.48. The molecule has 0 amide bonds. The number of nitrogens with zero attached hydrogens (tertiary/aromatic N) is 1. The monoisotopic (exact) mass is 358 g/mol. The summed E-state index contributed by atoms with van der Waals surface area (Å²) >= 11 is 7.21. The predicted octanol–water partition coefficient (Wildman–Crippen LogP) is 4.01. The van der Waals surface area contributed by atoms with Crippen LogP contribution in [0.3, 0.4) is 0 Å². The number of esters is 1. The van der Waals surface area contributed by atoms with Crippen LogP contribution < -0.4 is 5.48 Å². The van der Waals surface area contributed by atoms with Crippen molar-refractivity contribution in [2.45, 2.75) is 26.4 Å². The first kappa shape index (κ1) is 17.3. The normalized spacial score (nSPS) is 11.2. The number of rotatable bonds is 3. The number of halogens is 1. The maximum Gasteiger partial charge on any atom is 0.533 e. The number of benzene rings is 1. The van der Waals surface area contributed by atoms with Crippen molar-refractivity contribution in [3.8, 4) is 0 Å². The fraction of sp³-hybridized carbons (Fsp3) is 0.357. The Kier molecular flexibility index (Phi) is 4.96. The minimum Gasteiger partial charge on any atom is -0.465 e. The number of anilines is 1. The SMILES string of the molecule is COC(=O)c1cc2sc(NOC(=O)OC(C)(C)C)nc2cc1Cl. The van der Waals surface area contributed by atoms with E-state index in [-0.39, 0.29) is 10.6 Å². The molecule has 0 aliphatic carbocycles. The van der Waals surface area contributed by atoms with Gasteiger partial charge in [-0.3, -0.25) is 0 Å². The van der Waals surface area contributed by atoms with Crippen LogP contribution in [-0.4, -0.2) is 29.8 Å². The Morgan fingerprint density at radius 2 is 2.00 bits per heavy atom. The molecule has 1 aromatic carbocycles. The number of thiazole rings is 1. The van der Waals surface area contributed by atoms with Crippen molar-refractivity contribution in [1.29, 1.82) is 0 Å². The van der Waals surface area contributed by atoms with E-state index >= 15 is 0 Å². The number of methoxy groups -OCH3 is 1. The second kappa shape index (κ2) is 6.59. The fourth-order valence-corrected chi connectivity index (χ4v) is 2.67. The highest BCUT2D eigenvalue weighted by atomic mass is 35.5. The summed E-state index contributed by atoms with van der Waals surface area (Å²) in [5.41, 5.74) is 2.55. The van der Waals surface area contributed by atoms with Gasteiger partial charge in [-0.15, -0.1) is 0 Å². The Labute approximate surface area is 141 Å². The molecular formula is C14H15ClN2O5S. The highest BCUT2D eigenvalue weighted by Gasteiger charge is 2.19. The van der Waals surface area contributed by atoms with E-state index in [2.05, 4.69) is 15.2 Å². The fourth-order valence-electron chi connectivity index (χ4n) is 1.61. The molecule has 1 heterocycles. The van der Waals surface area contributed by atoms with Gasteiger partial charge in [0.15, 0.2) is 0 Å². The lowest BCUT2D eigenvalue weighted by Crippen LogP contribution is -2.25. The number of ether oxygens (including phenoxy) is 2. The minimum atomic E-state index is -0.870. The summed E-state index contributed by atoms with van der Waals surface area (Å²) in [6.45, 7) is 5.17. The van der Waals surface area contributed by atoms with Crippen molar-refractivity contribution >= 4 is 50.4 Å². The smallest absolute Gasteiger partial charge is 0.465 e. The van der Waals surface area contributed by atoms with Gasteiger partial charge in [0.05, 0.1) is 27.9 Å². The molecule has 7 nitrogen and oxygen atoms in total. The van der Waals surface area contributed by atoms with Crippen LogP contribution in [0.4, 0.5) is 9.93 Å². The van der Waals surface area contributed by atoms with Gasteiger partial charge in [0.25, 0.3) is 0 Å². The highest BCUT2D eigenvalue weighted by molar-refractivity contribution is 7.22. The summed E-state index contributed by atoms with van der Waals surface area (Å²) in [5, 5.41) is 0.554. The summed E-state index contributed by atoms with van der Waals surface area (Å²) < 4.78 is 10.3. The number of carbonyl (C=O) groups is 2. The van der Waals surface area contributed by atoms with Crippen LogP contribution in [0, 0.1) is 0 Å². The molecule has 124 valence electrons. The van der Waals surface area contributed by atoms with Gasteiger partial charge in [-0.1, -0.05) is 22.9 Å². The Balaban J connectivity index is 2.14. The van der Waals surface area contributed by atoms with Gasteiger partial charge >= 0.3 is 12.1 Å². The second-order valence-corrected chi connectivity index (χ2v) is 6.92. The zero-order valence-corrected chi connectivity index (χ0v) is 14.5. The molecule has 0 unspecified atom stereocenters. The van der Waals surface area contributed by atoms with Crippen LogP contribution in [0.25, 0.3) is 10.2 Å². The molecule has 0 fully saturated rings. The van der Waals surface area contributed by atoms with Crippen LogP contribution in [-0.2, 0) is 14.3 Å². The molecule has 23 heavy (non-hydrogen) atoms. The number of hydrogen-bond acceptors (Lipinski definition) is 8. The first-order valence-corrected chi connectivity index (χ1v) is 7.73. The Bertz CT molecular complexity index is 753. The van der Waals surface area contributed by atoms with E-state index in [0.29, 0.717) is 15.3 Å². The summed E-state index contributed by atoms with van der Waals surface area (Å²) in [6, 6.07) is 3.11. The molecule has 1 aromatic heterocycles. The van der Waals surface area contributed by atoms with Crippen LogP contribution in [0.5, 0.6) is 0 Å². The first-order chi connectivity index (χ1) is 10.7. The van der Waals surface area contributed by atoms with Gasteiger partial charge in [-0.2, -0.15) is 5.48 Å². The molecule has 1 N–H and O–H groups in total. The van der Waals surface area contributed by atoms with Gasteiger partial charge in [-0.25, -0.2) is 14.6 Å². The molecule has 9 heteroatoms. The highest BCUT2D eigenvalue weighted by Crippen LogP contribution is 2.31. The van der Waals surface area contributed by atoms with Crippen molar-refractivity contribution in [3.05, 3.63) is 22.7 Å². The van der Waals surface area contributed by atoms with Crippen molar-refractivity contribution in [1.82, 2.24) is 4.98 Å². The molecule has 2 aromatic rings. The van der Waals surface area contributed by atoms with Gasteiger partial charge in [0.2, 0.25) is 5.13 Å². The number of fused-ring (bicyclic) bond motifs is 1. The minimum absolute atomic E-state index is 0.231. The summed E-state index contributed by atoms with van der Waals surface area (Å²) in [6.07, 6.45) is -0.870. The third kappa shape index (κ3) is 4.46. The zero-order valence-electron chi connectivity index (χ0n) is 12.9. The van der Waals surface area contributed by atoms with Crippen molar-refractivity contribution in [2.24, 2.45) is 0 Å². The zero-order chi connectivity index (χ0) is 17.2. The third-order valence-electron chi connectivity index (χ3n) is 2.49. The van der Waals surface area contributed by atoms with E-state index < -0.39 is 17.7 Å². The Morgan fingerprint density at radius 1 is 1.30 bits per heavy atom. The maximum atomic E-state index is 11.6. The van der Waals surface area contributed by atoms with Crippen molar-refractivity contribution in [3.63, 3.8) is 0 Å². The number of hydrogen-bond donors (Lipinski definition) is 1. The lowest BCUT2D eigenvalue weighted by Gasteiger charge is -2.18. The van der Waals surface area contributed by atoms with E-state index in [1.54, 1.807) is 26.8 Å². The average Bonchev–Trinajstić information content (AvgIpc) is 2.83. The van der Waals surface area contributed by atoms with Crippen LogP contribution >= 0.6 is 22.9 Å². The predicted molar refractivity (Wildman–Crippen MR) is 86.9 cm³/mol. The molecule has 0 atom stereocenters. The standard InChI is InChI=1S/C14H15ClN2O5S/c1-14(2,3)21-13(19)22-17-12-16-9-6-8(15)7(11(18)20-4)5-10(9)23-12/h5-6H,1-4H3,(H,16,17). The third-order valence-corrected chi connectivity index (χ3v) is 3.72. The summed E-state index contributed by atoms with van der Waals surface area (Å²) in [5.74, 6) is -0.537. The van der Waals surface area contributed by atoms with Gasteiger partial charge < -0.3 is 14.3 Å². The summed E-state index contributed by atoms with van der Waals surface area (Å²) in [4.78, 5) is 32.1. The topological polar surface area (TPSA) is 86.8 Å². The largest absolute Gasteiger partial charge is 0.533 e. The molecule has 0 radical (unpaired) electrons.